The third-order valence-corrected chi connectivity index (χ3v) is 7.97. The number of ether oxygens (including phenoxy) is 1. The molecule has 6 rings (SSSR count). The van der Waals surface area contributed by atoms with Gasteiger partial charge < -0.3 is 4.74 Å². The fraction of sp³-hybridized carbons (Fsp3) is 0.355. The number of nitrogens with one attached hydrogen (secondary N) is 1. The van der Waals surface area contributed by atoms with Crippen molar-refractivity contribution >= 4 is 57.2 Å². The molecule has 3 heterocycles. The number of hydrogen-bond acceptors (Lipinski definition) is 8. The Labute approximate surface area is 290 Å². The monoisotopic (exact) mass is 605 g/mol. The molecule has 0 atom stereocenters. The van der Waals surface area contributed by atoms with Crippen molar-refractivity contribution in [1.82, 2.24) is 29.3 Å². The van der Waals surface area contributed by atoms with E-state index in [9.17, 15) is 9.59 Å². The van der Waals surface area contributed by atoms with E-state index in [4.69, 9.17) is 14.5 Å². The number of aromatic amines is 1. The average molecular weight is 606 g/mol. The summed E-state index contributed by atoms with van der Waals surface area (Å²) in [5.41, 5.74) is 5.21. The second-order valence-electron chi connectivity index (χ2n) is 10.6. The van der Waals surface area contributed by atoms with E-state index < -0.39 is 5.76 Å². The summed E-state index contributed by atoms with van der Waals surface area (Å²) in [4.78, 5) is 32.8. The van der Waals surface area contributed by atoms with Crippen molar-refractivity contribution in [3.63, 3.8) is 0 Å². The van der Waals surface area contributed by atoms with Gasteiger partial charge in [-0.25, -0.2) is 9.31 Å². The fourth-order valence-electron chi connectivity index (χ4n) is 6.00. The molecule has 1 aliphatic rings. The van der Waals surface area contributed by atoms with Crippen LogP contribution < -0.4 is 11.3 Å². The fourth-order valence-corrected chi connectivity index (χ4v) is 6.00. The van der Waals surface area contributed by atoms with Crippen LogP contribution in [-0.2, 0) is 17.6 Å². The first kappa shape index (κ1) is 31.2. The molecule has 5 aromatic rings. The second-order valence-corrected chi connectivity index (χ2v) is 10.6. The Morgan fingerprint density at radius 3 is 2.49 bits per heavy atom. The number of hydrogen-bond donors (Lipinski definition) is 1. The maximum absolute atomic E-state index is 14.2. The number of benzene rings is 2. The van der Waals surface area contributed by atoms with E-state index in [0.717, 1.165) is 65.6 Å². The molecular weight excluding hydrogens is 573 g/mol. The molecule has 11 nitrogen and oxygen atoms in total. The van der Waals surface area contributed by atoms with Crippen LogP contribution in [0.1, 0.15) is 61.9 Å². The molecule has 1 fully saturated rings. The Bertz CT molecular complexity index is 1860. The van der Waals surface area contributed by atoms with Crippen LogP contribution in [0.5, 0.6) is 0 Å². The van der Waals surface area contributed by atoms with Crippen LogP contribution in [0.25, 0.3) is 28.3 Å². The molecule has 12 heteroatoms. The molecular formula is C31H32KN7O4. The third-order valence-electron chi connectivity index (χ3n) is 7.97. The summed E-state index contributed by atoms with van der Waals surface area (Å²) in [7, 11) is 0. The molecule has 0 spiro atoms. The molecule has 0 bridgehead atoms. The zero-order valence-electron chi connectivity index (χ0n) is 23.3. The molecule has 216 valence electrons. The van der Waals surface area contributed by atoms with Crippen molar-refractivity contribution in [2.45, 2.75) is 64.0 Å². The molecule has 1 N–H and O–H groups in total. The minimum absolute atomic E-state index is 0. The van der Waals surface area contributed by atoms with E-state index in [0.29, 0.717) is 24.4 Å². The van der Waals surface area contributed by atoms with Gasteiger partial charge in [0.15, 0.2) is 5.82 Å². The van der Waals surface area contributed by atoms with Gasteiger partial charge in [-0.15, -0.1) is 0 Å². The van der Waals surface area contributed by atoms with E-state index >= 15 is 0 Å². The predicted molar refractivity (Wildman–Crippen MR) is 162 cm³/mol. The van der Waals surface area contributed by atoms with Gasteiger partial charge in [0, 0.05) is 23.6 Å². The van der Waals surface area contributed by atoms with Gasteiger partial charge in [-0.05, 0) is 48.8 Å². The Hall–Kier alpha value is -3.18. The van der Waals surface area contributed by atoms with Gasteiger partial charge in [0.2, 0.25) is 5.78 Å². The van der Waals surface area contributed by atoms with Gasteiger partial charge in [0.25, 0.3) is 5.56 Å². The summed E-state index contributed by atoms with van der Waals surface area (Å²) < 4.78 is 14.0. The zero-order valence-corrected chi connectivity index (χ0v) is 23.3. The summed E-state index contributed by atoms with van der Waals surface area (Å²) in [6.07, 6.45) is 6.72. The molecule has 0 aliphatic heterocycles. The van der Waals surface area contributed by atoms with Crippen molar-refractivity contribution in [2.75, 3.05) is 6.61 Å². The third kappa shape index (κ3) is 6.52. The first-order valence-electron chi connectivity index (χ1n) is 14.3. The minimum atomic E-state index is -0.603. The number of H-pyrrole nitrogens is 1. The first-order valence-corrected chi connectivity index (χ1v) is 14.3. The summed E-state index contributed by atoms with van der Waals surface area (Å²) in [6.45, 7) is 2.18. The summed E-state index contributed by atoms with van der Waals surface area (Å²) >= 11 is 0. The molecule has 0 radical (unpaired) electrons. The van der Waals surface area contributed by atoms with Gasteiger partial charge in [-0.2, -0.15) is 15.3 Å². The summed E-state index contributed by atoms with van der Waals surface area (Å²) in [5, 5.41) is 17.2. The van der Waals surface area contributed by atoms with Gasteiger partial charge in [0.1, 0.15) is 12.9 Å². The number of fused-ring (bicyclic) bond motifs is 1. The topological polar surface area (TPSA) is 144 Å². The van der Waals surface area contributed by atoms with E-state index in [-0.39, 0.29) is 75.7 Å². The molecule has 3 aromatic heterocycles. The Morgan fingerprint density at radius 2 is 1.81 bits per heavy atom. The van der Waals surface area contributed by atoms with E-state index in [1.54, 1.807) is 0 Å². The molecule has 0 unspecified atom stereocenters. The SMILES string of the molecule is CCCc1c(Cc2ccc(-c3ccccc3-c3noc(=O)[nH]3)cc2)c(=O)n([C@H]2CC[C@H](OCC#N)CC2)c2ncnn12.[KH]. The van der Waals surface area contributed by atoms with Crippen molar-refractivity contribution in [3.05, 3.63) is 92.6 Å². The maximum atomic E-state index is 14.2. The zero-order chi connectivity index (χ0) is 29.1. The van der Waals surface area contributed by atoms with Gasteiger partial charge in [0.05, 0.1) is 17.9 Å². The Kier molecular flexibility index (Phi) is 10.2. The van der Waals surface area contributed by atoms with Crippen molar-refractivity contribution < 1.29 is 9.26 Å². The number of aryl methyl sites for hydroxylation is 1. The van der Waals surface area contributed by atoms with E-state index in [1.165, 1.54) is 6.33 Å². The number of nitrogens with zero attached hydrogens (tertiary/aromatic N) is 6. The molecule has 43 heavy (non-hydrogen) atoms. The van der Waals surface area contributed by atoms with Gasteiger partial charge >= 0.3 is 57.1 Å². The van der Waals surface area contributed by atoms with Crippen molar-refractivity contribution in [3.8, 4) is 28.6 Å². The van der Waals surface area contributed by atoms with Gasteiger partial charge in [-0.1, -0.05) is 67.0 Å². The van der Waals surface area contributed by atoms with Crippen LogP contribution in [-0.4, -0.2) is 93.4 Å². The predicted octanol–water partition coefficient (Wildman–Crippen LogP) is 3.82. The van der Waals surface area contributed by atoms with E-state index in [1.807, 2.05) is 63.7 Å². The normalized spacial score (nSPS) is 16.6. The quantitative estimate of drug-likeness (QED) is 0.250. The van der Waals surface area contributed by atoms with Crippen LogP contribution in [0.4, 0.5) is 0 Å². The van der Waals surface area contributed by atoms with Crippen LogP contribution in [0, 0.1) is 11.3 Å². The van der Waals surface area contributed by atoms with E-state index in [2.05, 4.69) is 27.1 Å². The van der Waals surface area contributed by atoms with Crippen LogP contribution in [0.3, 0.4) is 0 Å². The van der Waals surface area contributed by atoms with Gasteiger partial charge in [-0.3, -0.25) is 18.9 Å². The average Bonchev–Trinajstić information content (AvgIpc) is 3.68. The van der Waals surface area contributed by atoms with Crippen LogP contribution >= 0.6 is 0 Å². The molecule has 1 aliphatic carbocycles. The second kappa shape index (κ2) is 14.1. The molecule has 2 aromatic carbocycles. The van der Waals surface area contributed by atoms with Crippen LogP contribution in [0.2, 0.25) is 0 Å². The first-order chi connectivity index (χ1) is 20.6. The molecule has 0 amide bonds. The number of nitriles is 1. The Balaban J connectivity index is 0.00000368. The molecule has 0 saturated heterocycles. The number of aromatic nitrogens is 6. The van der Waals surface area contributed by atoms with Crippen LogP contribution in [0.15, 0.2) is 69.0 Å². The Morgan fingerprint density at radius 1 is 1.07 bits per heavy atom. The summed E-state index contributed by atoms with van der Waals surface area (Å²) in [6, 6.07) is 17.8. The number of rotatable bonds is 9. The summed E-state index contributed by atoms with van der Waals surface area (Å²) in [5.74, 6) is 0.344. The van der Waals surface area contributed by atoms with Crippen molar-refractivity contribution in [2.24, 2.45) is 0 Å². The molecule has 1 saturated carbocycles. The standard InChI is InChI=1S/C31H31N7O4.K.H/c1-2-5-27-26(29(39)37(30-33-19-34-38(27)30)22-12-14-23(15-13-22)41-17-16-32)18-20-8-10-21(11-9-20)24-6-3-4-7-25(24)28-35-31(40)42-36-28;;/h3-4,6-11,19,22-23H,2,5,12-15,17-18H2,1H3,(H,35,36,40);;/t22-,23-;;. The van der Waals surface area contributed by atoms with Crippen molar-refractivity contribution in [1.29, 1.82) is 5.26 Å².